The Morgan fingerprint density at radius 1 is 1.41 bits per heavy atom. The monoisotopic (exact) mass is 330 g/mol. The van der Waals surface area contributed by atoms with Crippen LogP contribution in [-0.2, 0) is 14.8 Å². The number of furan rings is 1. The van der Waals surface area contributed by atoms with E-state index in [9.17, 15) is 23.1 Å². The van der Waals surface area contributed by atoms with E-state index in [1.807, 2.05) is 6.92 Å². The highest BCUT2D eigenvalue weighted by Crippen LogP contribution is 2.25. The molecule has 2 rings (SSSR count). The number of rotatable bonds is 4. The molecular formula is C13H18N2O6S. The Morgan fingerprint density at radius 3 is 2.68 bits per heavy atom. The fraction of sp³-hybridized carbons (Fsp3) is 0.538. The van der Waals surface area contributed by atoms with E-state index in [0.717, 1.165) is 0 Å². The van der Waals surface area contributed by atoms with Gasteiger partial charge >= 0.3 is 5.97 Å². The van der Waals surface area contributed by atoms with Gasteiger partial charge in [-0.25, -0.2) is 17.9 Å². The van der Waals surface area contributed by atoms with Crippen molar-refractivity contribution in [3.05, 3.63) is 17.9 Å². The molecule has 0 aliphatic carbocycles. The Bertz CT molecular complexity index is 680. The Hall–Kier alpha value is -1.87. The third kappa shape index (κ3) is 3.14. The summed E-state index contributed by atoms with van der Waals surface area (Å²) in [6.45, 7) is 2.23. The van der Waals surface area contributed by atoms with Crippen LogP contribution in [0, 0.1) is 5.92 Å². The summed E-state index contributed by atoms with van der Waals surface area (Å²) in [5, 5.41) is 8.89. The van der Waals surface area contributed by atoms with Crippen molar-refractivity contribution in [2.75, 3.05) is 13.6 Å². The van der Waals surface area contributed by atoms with E-state index < -0.39 is 27.9 Å². The predicted octanol–water partition coefficient (Wildman–Crippen LogP) is 0.513. The largest absolute Gasteiger partial charge is 0.480 e. The average Bonchev–Trinajstić information content (AvgIpc) is 2.97. The Balaban J connectivity index is 2.26. The van der Waals surface area contributed by atoms with Crippen LogP contribution in [0.15, 0.2) is 21.6 Å². The van der Waals surface area contributed by atoms with Gasteiger partial charge in [0.25, 0.3) is 15.9 Å². The summed E-state index contributed by atoms with van der Waals surface area (Å²) >= 11 is 0. The summed E-state index contributed by atoms with van der Waals surface area (Å²) in [4.78, 5) is 24.9. The molecule has 2 heterocycles. The molecule has 1 saturated heterocycles. The van der Waals surface area contributed by atoms with Gasteiger partial charge in [0.15, 0.2) is 5.76 Å². The van der Waals surface area contributed by atoms with Crippen molar-refractivity contribution < 1.29 is 27.5 Å². The first-order valence-electron chi connectivity index (χ1n) is 6.83. The van der Waals surface area contributed by atoms with Crippen LogP contribution in [-0.4, -0.2) is 49.9 Å². The number of aliphatic carboxylic acids is 1. The lowest BCUT2D eigenvalue weighted by molar-refractivity contribution is -0.144. The fourth-order valence-corrected chi connectivity index (χ4v) is 3.09. The van der Waals surface area contributed by atoms with Gasteiger partial charge in [-0.15, -0.1) is 0 Å². The van der Waals surface area contributed by atoms with Crippen LogP contribution in [0.3, 0.4) is 0 Å². The van der Waals surface area contributed by atoms with Gasteiger partial charge in [0, 0.05) is 6.54 Å². The van der Waals surface area contributed by atoms with E-state index >= 15 is 0 Å². The maximum absolute atomic E-state index is 12.4. The standard InChI is InChI=1S/C13H18N2O6S/c1-8-5-6-15(9(7-8)13(17)18)12(16)10-3-4-11(21-10)22(19,20)14-2/h3-4,8-9,14H,5-7H2,1-2H3,(H,17,18). The second-order valence-electron chi connectivity index (χ2n) is 5.31. The fourth-order valence-electron chi connectivity index (χ4n) is 2.44. The molecule has 2 atom stereocenters. The molecule has 0 saturated carbocycles. The van der Waals surface area contributed by atoms with Gasteiger partial charge in [-0.05, 0) is 37.9 Å². The Labute approximate surface area is 128 Å². The number of nitrogens with zero attached hydrogens (tertiary/aromatic N) is 1. The summed E-state index contributed by atoms with van der Waals surface area (Å²) in [6, 6.07) is 1.48. The third-order valence-electron chi connectivity index (χ3n) is 3.74. The maximum atomic E-state index is 12.4. The third-order valence-corrected chi connectivity index (χ3v) is 5.02. The number of carbonyl (C=O) groups excluding carboxylic acids is 1. The first-order valence-corrected chi connectivity index (χ1v) is 8.31. The second-order valence-corrected chi connectivity index (χ2v) is 7.13. The van der Waals surface area contributed by atoms with Gasteiger partial charge in [-0.1, -0.05) is 6.92 Å². The van der Waals surface area contributed by atoms with Crippen LogP contribution in [0.1, 0.15) is 30.3 Å². The van der Waals surface area contributed by atoms with E-state index in [1.165, 1.54) is 24.1 Å². The number of carbonyl (C=O) groups is 2. The van der Waals surface area contributed by atoms with Gasteiger partial charge in [0.05, 0.1) is 0 Å². The van der Waals surface area contributed by atoms with E-state index in [0.29, 0.717) is 19.4 Å². The lowest BCUT2D eigenvalue weighted by Gasteiger charge is -2.35. The van der Waals surface area contributed by atoms with Crippen molar-refractivity contribution in [2.45, 2.75) is 30.9 Å². The average molecular weight is 330 g/mol. The topological polar surface area (TPSA) is 117 Å². The quantitative estimate of drug-likeness (QED) is 0.831. The van der Waals surface area contributed by atoms with Gasteiger partial charge in [-0.3, -0.25) is 4.79 Å². The van der Waals surface area contributed by atoms with E-state index in [1.54, 1.807) is 0 Å². The highest BCUT2D eigenvalue weighted by Gasteiger charge is 2.36. The van der Waals surface area contributed by atoms with E-state index in [2.05, 4.69) is 4.72 Å². The van der Waals surface area contributed by atoms with Crippen LogP contribution < -0.4 is 4.72 Å². The number of piperidine rings is 1. The lowest BCUT2D eigenvalue weighted by Crippen LogP contribution is -2.49. The first kappa shape index (κ1) is 16.5. The number of carboxylic acids is 1. The van der Waals surface area contributed by atoms with Gasteiger partial charge < -0.3 is 14.4 Å². The van der Waals surface area contributed by atoms with Crippen LogP contribution in [0.25, 0.3) is 0 Å². The molecule has 0 aromatic carbocycles. The van der Waals surface area contributed by atoms with Crippen LogP contribution >= 0.6 is 0 Å². The second kappa shape index (κ2) is 6.09. The van der Waals surface area contributed by atoms with Gasteiger partial charge in [0.1, 0.15) is 6.04 Å². The molecule has 1 aliphatic rings. The minimum Gasteiger partial charge on any atom is -0.480 e. The van der Waals surface area contributed by atoms with Crippen molar-refractivity contribution in [1.82, 2.24) is 9.62 Å². The van der Waals surface area contributed by atoms with Crippen molar-refractivity contribution in [1.29, 1.82) is 0 Å². The normalized spacial score (nSPS) is 22.5. The molecule has 1 amide bonds. The summed E-state index contributed by atoms with van der Waals surface area (Å²) in [5.41, 5.74) is 0. The van der Waals surface area contributed by atoms with Crippen LogP contribution in [0.4, 0.5) is 0 Å². The number of likely N-dealkylation sites (tertiary alicyclic amines) is 1. The number of hydrogen-bond acceptors (Lipinski definition) is 5. The number of amides is 1. The molecular weight excluding hydrogens is 312 g/mol. The van der Waals surface area contributed by atoms with Gasteiger partial charge in [0.2, 0.25) is 5.09 Å². The van der Waals surface area contributed by atoms with Crippen LogP contribution in [0.5, 0.6) is 0 Å². The highest BCUT2D eigenvalue weighted by molar-refractivity contribution is 7.89. The molecule has 0 spiro atoms. The van der Waals surface area contributed by atoms with E-state index in [4.69, 9.17) is 4.42 Å². The minimum absolute atomic E-state index is 0.186. The molecule has 8 nitrogen and oxygen atoms in total. The van der Waals surface area contributed by atoms with Crippen LogP contribution in [0.2, 0.25) is 0 Å². The number of nitrogens with one attached hydrogen (secondary N) is 1. The molecule has 1 fully saturated rings. The summed E-state index contributed by atoms with van der Waals surface area (Å²) in [5.74, 6) is -1.66. The molecule has 2 N–H and O–H groups in total. The SMILES string of the molecule is CNS(=O)(=O)c1ccc(C(=O)N2CCC(C)CC2C(=O)O)o1. The van der Waals surface area contributed by atoms with Crippen molar-refractivity contribution in [3.8, 4) is 0 Å². The van der Waals surface area contributed by atoms with Gasteiger partial charge in [-0.2, -0.15) is 0 Å². The van der Waals surface area contributed by atoms with Crippen molar-refractivity contribution in [3.63, 3.8) is 0 Å². The Morgan fingerprint density at radius 2 is 2.09 bits per heavy atom. The zero-order chi connectivity index (χ0) is 16.5. The molecule has 9 heteroatoms. The first-order chi connectivity index (χ1) is 10.3. The molecule has 0 radical (unpaired) electrons. The summed E-state index contributed by atoms with van der Waals surface area (Å²) in [6.07, 6.45) is 1.06. The number of sulfonamides is 1. The molecule has 2 unspecified atom stereocenters. The molecule has 22 heavy (non-hydrogen) atoms. The molecule has 1 aliphatic heterocycles. The maximum Gasteiger partial charge on any atom is 0.326 e. The number of hydrogen-bond donors (Lipinski definition) is 2. The summed E-state index contributed by atoms with van der Waals surface area (Å²) in [7, 11) is -2.56. The Kier molecular flexibility index (Phi) is 4.57. The molecule has 1 aromatic rings. The lowest BCUT2D eigenvalue weighted by atomic mass is 9.92. The molecule has 122 valence electrons. The minimum atomic E-state index is -3.78. The van der Waals surface area contributed by atoms with Crippen molar-refractivity contribution in [2.24, 2.45) is 5.92 Å². The van der Waals surface area contributed by atoms with Crippen molar-refractivity contribution >= 4 is 21.9 Å². The van der Waals surface area contributed by atoms with E-state index in [-0.39, 0.29) is 16.8 Å². The molecule has 0 bridgehead atoms. The predicted molar refractivity (Wildman–Crippen MR) is 75.8 cm³/mol. The summed E-state index contributed by atoms with van der Waals surface area (Å²) < 4.78 is 30.4. The molecule has 1 aromatic heterocycles. The zero-order valence-corrected chi connectivity index (χ0v) is 13.1. The highest BCUT2D eigenvalue weighted by atomic mass is 32.2. The smallest absolute Gasteiger partial charge is 0.326 e. The zero-order valence-electron chi connectivity index (χ0n) is 12.3. The number of carboxylic acid groups (broad SMARTS) is 1.